The molecule has 1 heterocycles. The van der Waals surface area contributed by atoms with Crippen LogP contribution >= 0.6 is 0 Å². The Bertz CT molecular complexity index is 773. The fraction of sp³-hybridized carbons (Fsp3) is 0.400. The highest BCUT2D eigenvalue weighted by Crippen LogP contribution is 2.17. The van der Waals surface area contributed by atoms with Crippen LogP contribution in [0.15, 0.2) is 53.4 Å². The summed E-state index contributed by atoms with van der Waals surface area (Å²) in [5, 5.41) is 0. The van der Waals surface area contributed by atoms with Crippen molar-refractivity contribution in [3.05, 3.63) is 59.7 Å². The SMILES string of the molecule is CS(=O)(=O)c1ccc(OCCCN2CCc3ccccc3CC2)cc1. The summed E-state index contributed by atoms with van der Waals surface area (Å²) in [7, 11) is -3.15. The largest absolute Gasteiger partial charge is 0.494 e. The molecule has 0 atom stereocenters. The van der Waals surface area contributed by atoms with Gasteiger partial charge >= 0.3 is 0 Å². The molecule has 134 valence electrons. The van der Waals surface area contributed by atoms with E-state index in [9.17, 15) is 8.42 Å². The van der Waals surface area contributed by atoms with Gasteiger partial charge in [0.05, 0.1) is 11.5 Å². The first-order chi connectivity index (χ1) is 12.0. The molecule has 0 fully saturated rings. The van der Waals surface area contributed by atoms with Gasteiger partial charge in [0.2, 0.25) is 0 Å². The van der Waals surface area contributed by atoms with Crippen LogP contribution < -0.4 is 4.74 Å². The summed E-state index contributed by atoms with van der Waals surface area (Å²) >= 11 is 0. The minimum absolute atomic E-state index is 0.323. The molecule has 0 saturated heterocycles. The lowest BCUT2D eigenvalue weighted by Gasteiger charge is -2.19. The Labute approximate surface area is 150 Å². The van der Waals surface area contributed by atoms with Crippen molar-refractivity contribution >= 4 is 9.84 Å². The summed E-state index contributed by atoms with van der Waals surface area (Å²) in [6.07, 6.45) is 4.40. The molecular formula is C20H25NO3S. The van der Waals surface area contributed by atoms with Gasteiger partial charge in [0.15, 0.2) is 9.84 Å². The smallest absolute Gasteiger partial charge is 0.175 e. The second kappa shape index (κ2) is 8.02. The minimum atomic E-state index is -3.15. The van der Waals surface area contributed by atoms with E-state index in [1.165, 1.54) is 17.4 Å². The summed E-state index contributed by atoms with van der Waals surface area (Å²) < 4.78 is 28.6. The molecule has 4 nitrogen and oxygen atoms in total. The minimum Gasteiger partial charge on any atom is -0.494 e. The summed E-state index contributed by atoms with van der Waals surface area (Å²) in [4.78, 5) is 2.82. The zero-order chi connectivity index (χ0) is 17.7. The molecule has 2 aromatic rings. The van der Waals surface area contributed by atoms with Crippen LogP contribution in [-0.4, -0.2) is 45.8 Å². The standard InChI is InChI=1S/C20H25NO3S/c1-25(22,23)20-9-7-19(8-10-20)24-16-4-13-21-14-11-17-5-2-3-6-18(17)12-15-21/h2-3,5-10H,4,11-16H2,1H3. The highest BCUT2D eigenvalue weighted by Gasteiger charge is 2.13. The van der Waals surface area contributed by atoms with Gasteiger partial charge in [-0.05, 0) is 54.7 Å². The molecule has 3 rings (SSSR count). The fourth-order valence-corrected chi connectivity index (χ4v) is 3.83. The highest BCUT2D eigenvalue weighted by atomic mass is 32.2. The van der Waals surface area contributed by atoms with E-state index in [1.807, 2.05) is 0 Å². The van der Waals surface area contributed by atoms with E-state index in [4.69, 9.17) is 4.74 Å². The predicted molar refractivity (Wildman–Crippen MR) is 100.0 cm³/mol. The Kier molecular flexibility index (Phi) is 5.76. The zero-order valence-corrected chi connectivity index (χ0v) is 15.5. The maximum absolute atomic E-state index is 11.4. The van der Waals surface area contributed by atoms with Crippen molar-refractivity contribution in [2.75, 3.05) is 32.5 Å². The maximum Gasteiger partial charge on any atom is 0.175 e. The van der Waals surface area contributed by atoms with E-state index in [1.54, 1.807) is 24.3 Å². The third-order valence-electron chi connectivity index (χ3n) is 4.65. The third-order valence-corrected chi connectivity index (χ3v) is 5.78. The van der Waals surface area contributed by atoms with Crippen LogP contribution in [0.2, 0.25) is 0 Å². The van der Waals surface area contributed by atoms with Crippen molar-refractivity contribution < 1.29 is 13.2 Å². The van der Waals surface area contributed by atoms with Gasteiger partial charge in [-0.1, -0.05) is 24.3 Å². The van der Waals surface area contributed by atoms with Crippen LogP contribution in [-0.2, 0) is 22.7 Å². The van der Waals surface area contributed by atoms with Gasteiger partial charge in [-0.15, -0.1) is 0 Å². The van der Waals surface area contributed by atoms with Crippen LogP contribution in [0.25, 0.3) is 0 Å². The van der Waals surface area contributed by atoms with Crippen LogP contribution in [0.3, 0.4) is 0 Å². The van der Waals surface area contributed by atoms with Crippen molar-refractivity contribution in [2.45, 2.75) is 24.2 Å². The molecule has 0 spiro atoms. The second-order valence-corrected chi connectivity index (χ2v) is 8.57. The van der Waals surface area contributed by atoms with Crippen molar-refractivity contribution in [2.24, 2.45) is 0 Å². The monoisotopic (exact) mass is 359 g/mol. The molecule has 1 aliphatic rings. The lowest BCUT2D eigenvalue weighted by Crippen LogP contribution is -2.28. The average Bonchev–Trinajstić information content (AvgIpc) is 2.81. The summed E-state index contributed by atoms with van der Waals surface area (Å²) in [6, 6.07) is 15.4. The second-order valence-electron chi connectivity index (χ2n) is 6.56. The van der Waals surface area contributed by atoms with E-state index in [0.717, 1.165) is 44.6 Å². The third kappa shape index (κ3) is 5.06. The predicted octanol–water partition coefficient (Wildman–Crippen LogP) is 2.96. The van der Waals surface area contributed by atoms with Crippen molar-refractivity contribution in [1.29, 1.82) is 0 Å². The van der Waals surface area contributed by atoms with Gasteiger partial charge in [0, 0.05) is 25.9 Å². The molecular weight excluding hydrogens is 334 g/mol. The topological polar surface area (TPSA) is 46.6 Å². The number of hydrogen-bond acceptors (Lipinski definition) is 4. The van der Waals surface area contributed by atoms with Crippen molar-refractivity contribution in [1.82, 2.24) is 4.90 Å². The molecule has 2 aromatic carbocycles. The van der Waals surface area contributed by atoms with Crippen LogP contribution in [0, 0.1) is 0 Å². The molecule has 0 aromatic heterocycles. The zero-order valence-electron chi connectivity index (χ0n) is 14.6. The van der Waals surface area contributed by atoms with Crippen LogP contribution in [0.4, 0.5) is 0 Å². The Morgan fingerprint density at radius 1 is 0.960 bits per heavy atom. The number of hydrogen-bond donors (Lipinski definition) is 0. The number of nitrogens with zero attached hydrogens (tertiary/aromatic N) is 1. The lowest BCUT2D eigenvalue weighted by molar-refractivity contribution is 0.241. The molecule has 0 amide bonds. The van der Waals surface area contributed by atoms with Gasteiger partial charge in [-0.2, -0.15) is 0 Å². The molecule has 5 heteroatoms. The van der Waals surface area contributed by atoms with E-state index in [-0.39, 0.29) is 0 Å². The Hall–Kier alpha value is -1.85. The maximum atomic E-state index is 11.4. The molecule has 0 unspecified atom stereocenters. The lowest BCUT2D eigenvalue weighted by atomic mass is 10.0. The van der Waals surface area contributed by atoms with Gasteiger partial charge in [-0.3, -0.25) is 0 Å². The molecule has 0 bridgehead atoms. The molecule has 0 N–H and O–H groups in total. The first-order valence-corrected chi connectivity index (χ1v) is 10.6. The van der Waals surface area contributed by atoms with E-state index in [2.05, 4.69) is 29.2 Å². The van der Waals surface area contributed by atoms with Gasteiger partial charge < -0.3 is 9.64 Å². The first-order valence-electron chi connectivity index (χ1n) is 8.74. The molecule has 25 heavy (non-hydrogen) atoms. The Morgan fingerprint density at radius 3 is 2.12 bits per heavy atom. The van der Waals surface area contributed by atoms with Crippen LogP contribution in [0.5, 0.6) is 5.75 Å². The number of benzene rings is 2. The molecule has 0 aliphatic carbocycles. The molecule has 1 aliphatic heterocycles. The number of fused-ring (bicyclic) bond motifs is 1. The van der Waals surface area contributed by atoms with Gasteiger partial charge in [-0.25, -0.2) is 8.42 Å². The van der Waals surface area contributed by atoms with E-state index < -0.39 is 9.84 Å². The average molecular weight is 359 g/mol. The van der Waals surface area contributed by atoms with Gasteiger partial charge in [0.1, 0.15) is 5.75 Å². The number of rotatable bonds is 6. The highest BCUT2D eigenvalue weighted by molar-refractivity contribution is 7.90. The number of sulfone groups is 1. The van der Waals surface area contributed by atoms with E-state index >= 15 is 0 Å². The van der Waals surface area contributed by atoms with E-state index in [0.29, 0.717) is 11.5 Å². The molecule has 0 saturated carbocycles. The number of ether oxygens (including phenoxy) is 1. The first kappa shape index (κ1) is 18.0. The van der Waals surface area contributed by atoms with Gasteiger partial charge in [0.25, 0.3) is 0 Å². The Balaban J connectivity index is 1.42. The normalized spacial score (nSPS) is 15.4. The summed E-state index contributed by atoms with van der Waals surface area (Å²) in [5.74, 6) is 0.718. The molecule has 0 radical (unpaired) electrons. The van der Waals surface area contributed by atoms with Crippen molar-refractivity contribution in [3.8, 4) is 5.75 Å². The van der Waals surface area contributed by atoms with Crippen molar-refractivity contribution in [3.63, 3.8) is 0 Å². The summed E-state index contributed by atoms with van der Waals surface area (Å²) in [6.45, 7) is 3.86. The summed E-state index contributed by atoms with van der Waals surface area (Å²) in [5.41, 5.74) is 2.96. The fourth-order valence-electron chi connectivity index (χ4n) is 3.20. The quantitative estimate of drug-likeness (QED) is 0.744. The Morgan fingerprint density at radius 2 is 1.56 bits per heavy atom. The van der Waals surface area contributed by atoms with Crippen LogP contribution in [0.1, 0.15) is 17.5 Å².